The fraction of sp³-hybridized carbons (Fsp3) is 0.538. The number of rotatable bonds is 3. The molecule has 4 heteroatoms. The first-order valence-electron chi connectivity index (χ1n) is 5.99. The summed E-state index contributed by atoms with van der Waals surface area (Å²) in [5, 5.41) is 3.11. The van der Waals surface area contributed by atoms with Crippen LogP contribution in [0.15, 0.2) is 24.3 Å². The van der Waals surface area contributed by atoms with Crippen LogP contribution < -0.4 is 5.32 Å². The number of nitrogens with one attached hydrogen (secondary N) is 1. The molecule has 2 unspecified atom stereocenters. The molecule has 0 aliphatic heterocycles. The minimum absolute atomic E-state index is 0.0627. The Morgan fingerprint density at radius 2 is 1.82 bits per heavy atom. The fourth-order valence-corrected chi connectivity index (χ4v) is 3.86. The van der Waals surface area contributed by atoms with Crippen LogP contribution in [0.5, 0.6) is 0 Å². The lowest BCUT2D eigenvalue weighted by Gasteiger charge is -2.20. The van der Waals surface area contributed by atoms with Crippen molar-refractivity contribution < 1.29 is 8.42 Å². The van der Waals surface area contributed by atoms with Gasteiger partial charge in [0.1, 0.15) is 0 Å². The zero-order valence-corrected chi connectivity index (χ0v) is 11.1. The van der Waals surface area contributed by atoms with Crippen LogP contribution in [-0.4, -0.2) is 26.0 Å². The van der Waals surface area contributed by atoms with E-state index in [2.05, 4.69) is 5.32 Å². The third-order valence-electron chi connectivity index (χ3n) is 3.41. The Balaban J connectivity index is 2.11. The van der Waals surface area contributed by atoms with Gasteiger partial charge in [-0.15, -0.1) is 0 Å². The summed E-state index contributed by atoms with van der Waals surface area (Å²) in [4.78, 5) is 0. The van der Waals surface area contributed by atoms with Crippen LogP contribution in [0.3, 0.4) is 0 Å². The van der Waals surface area contributed by atoms with Gasteiger partial charge in [0.25, 0.3) is 0 Å². The topological polar surface area (TPSA) is 46.2 Å². The molecule has 2 rings (SSSR count). The second-order valence-corrected chi connectivity index (χ2v) is 7.18. The highest BCUT2D eigenvalue weighted by molar-refractivity contribution is 7.91. The van der Waals surface area contributed by atoms with Crippen molar-refractivity contribution in [3.8, 4) is 0 Å². The molecule has 3 nitrogen and oxygen atoms in total. The molecule has 1 aliphatic rings. The van der Waals surface area contributed by atoms with Crippen molar-refractivity contribution in [3.05, 3.63) is 29.8 Å². The maximum absolute atomic E-state index is 11.6. The summed E-state index contributed by atoms with van der Waals surface area (Å²) in [6.45, 7) is 2.04. The van der Waals surface area contributed by atoms with E-state index >= 15 is 0 Å². The van der Waals surface area contributed by atoms with E-state index in [1.807, 2.05) is 31.2 Å². The number of hydrogen-bond donors (Lipinski definition) is 1. The van der Waals surface area contributed by atoms with E-state index in [-0.39, 0.29) is 11.3 Å². The number of sulfone groups is 1. The maximum Gasteiger partial charge on any atom is 0.152 e. The highest BCUT2D eigenvalue weighted by Crippen LogP contribution is 2.28. The van der Waals surface area contributed by atoms with Crippen LogP contribution in [0.4, 0.5) is 5.69 Å². The lowest BCUT2D eigenvalue weighted by atomic mass is 10.2. The number of aryl methyl sites for hydroxylation is 1. The molecule has 1 N–H and O–H groups in total. The predicted octanol–water partition coefficient (Wildman–Crippen LogP) is 2.37. The van der Waals surface area contributed by atoms with Gasteiger partial charge in [0, 0.05) is 18.0 Å². The minimum Gasteiger partial charge on any atom is -0.381 e. The lowest BCUT2D eigenvalue weighted by molar-refractivity contribution is 0.579. The van der Waals surface area contributed by atoms with Crippen molar-refractivity contribution in [2.75, 3.05) is 11.6 Å². The van der Waals surface area contributed by atoms with E-state index in [0.29, 0.717) is 0 Å². The van der Waals surface area contributed by atoms with Crippen molar-refractivity contribution in [1.29, 1.82) is 0 Å². The van der Waals surface area contributed by atoms with Crippen LogP contribution in [0.25, 0.3) is 0 Å². The van der Waals surface area contributed by atoms with Crippen LogP contribution in [-0.2, 0) is 9.84 Å². The summed E-state index contributed by atoms with van der Waals surface area (Å²) in [5.74, 6) is 0. The van der Waals surface area contributed by atoms with Crippen molar-refractivity contribution in [2.45, 2.75) is 37.5 Å². The Bertz CT molecular complexity index is 479. The molecule has 1 aromatic carbocycles. The van der Waals surface area contributed by atoms with Crippen LogP contribution >= 0.6 is 0 Å². The Hall–Kier alpha value is -1.03. The molecule has 1 aliphatic carbocycles. The minimum atomic E-state index is -2.94. The van der Waals surface area contributed by atoms with Crippen LogP contribution in [0.1, 0.15) is 24.8 Å². The molecule has 94 valence electrons. The average Bonchev–Trinajstić information content (AvgIpc) is 2.69. The van der Waals surface area contributed by atoms with E-state index < -0.39 is 9.84 Å². The van der Waals surface area contributed by atoms with Gasteiger partial charge in [0.05, 0.1) is 5.25 Å². The van der Waals surface area contributed by atoms with Gasteiger partial charge in [0.2, 0.25) is 0 Å². The van der Waals surface area contributed by atoms with Gasteiger partial charge in [-0.2, -0.15) is 0 Å². The second kappa shape index (κ2) is 4.69. The van der Waals surface area contributed by atoms with Crippen molar-refractivity contribution in [1.82, 2.24) is 0 Å². The maximum atomic E-state index is 11.6. The van der Waals surface area contributed by atoms with Crippen molar-refractivity contribution in [2.24, 2.45) is 0 Å². The van der Waals surface area contributed by atoms with E-state index in [1.165, 1.54) is 11.8 Å². The molecule has 0 amide bonds. The molecular formula is C13H19NO2S. The van der Waals surface area contributed by atoms with Crippen LogP contribution in [0.2, 0.25) is 0 Å². The van der Waals surface area contributed by atoms with Gasteiger partial charge in [-0.25, -0.2) is 8.42 Å². The first kappa shape index (κ1) is 12.4. The van der Waals surface area contributed by atoms with E-state index in [0.717, 1.165) is 24.9 Å². The summed E-state index contributed by atoms with van der Waals surface area (Å²) < 4.78 is 23.3. The Morgan fingerprint density at radius 3 is 2.41 bits per heavy atom. The standard InChI is InChI=1S/C13H19NO2S/c1-10-6-8-11(9-7-10)14-12-4-3-5-13(12)17(2,15)16/h6-9,12-14H,3-5H2,1-2H3. The number of benzene rings is 1. The van der Waals surface area contributed by atoms with Gasteiger partial charge in [-0.05, 0) is 38.3 Å². The first-order valence-corrected chi connectivity index (χ1v) is 7.94. The number of hydrogen-bond acceptors (Lipinski definition) is 3. The van der Waals surface area contributed by atoms with Gasteiger partial charge in [-0.1, -0.05) is 17.7 Å². The second-order valence-electron chi connectivity index (χ2n) is 4.92. The summed E-state index contributed by atoms with van der Waals surface area (Å²) in [6, 6.07) is 8.15. The predicted molar refractivity (Wildman–Crippen MR) is 71.1 cm³/mol. The van der Waals surface area contributed by atoms with E-state index in [1.54, 1.807) is 0 Å². The quantitative estimate of drug-likeness (QED) is 0.899. The molecule has 1 fully saturated rings. The lowest BCUT2D eigenvalue weighted by Crippen LogP contribution is -2.34. The van der Waals surface area contributed by atoms with Crippen molar-refractivity contribution in [3.63, 3.8) is 0 Å². The summed E-state index contributed by atoms with van der Waals surface area (Å²) >= 11 is 0. The Kier molecular flexibility index (Phi) is 3.43. The molecule has 0 radical (unpaired) electrons. The van der Waals surface area contributed by atoms with Gasteiger partial charge in [-0.3, -0.25) is 0 Å². The van der Waals surface area contributed by atoms with Crippen molar-refractivity contribution >= 4 is 15.5 Å². The normalized spacial score (nSPS) is 24.8. The van der Waals surface area contributed by atoms with E-state index in [4.69, 9.17) is 0 Å². The molecule has 0 spiro atoms. The van der Waals surface area contributed by atoms with Gasteiger partial charge in [0.15, 0.2) is 9.84 Å². The molecule has 17 heavy (non-hydrogen) atoms. The molecule has 2 atom stereocenters. The Labute approximate surface area is 103 Å². The molecular weight excluding hydrogens is 234 g/mol. The fourth-order valence-electron chi connectivity index (χ4n) is 2.47. The molecule has 0 bridgehead atoms. The monoisotopic (exact) mass is 253 g/mol. The molecule has 0 saturated heterocycles. The van der Waals surface area contributed by atoms with Crippen LogP contribution in [0, 0.1) is 6.92 Å². The van der Waals surface area contributed by atoms with Gasteiger partial charge < -0.3 is 5.32 Å². The third kappa shape index (κ3) is 3.00. The zero-order valence-electron chi connectivity index (χ0n) is 10.3. The highest BCUT2D eigenvalue weighted by atomic mass is 32.2. The number of anilines is 1. The molecule has 1 saturated carbocycles. The molecule has 1 aromatic rings. The smallest absolute Gasteiger partial charge is 0.152 e. The van der Waals surface area contributed by atoms with Gasteiger partial charge >= 0.3 is 0 Å². The molecule has 0 aromatic heterocycles. The Morgan fingerprint density at radius 1 is 1.18 bits per heavy atom. The SMILES string of the molecule is Cc1ccc(NC2CCCC2S(C)(=O)=O)cc1. The highest BCUT2D eigenvalue weighted by Gasteiger charge is 2.34. The largest absolute Gasteiger partial charge is 0.381 e. The molecule has 0 heterocycles. The summed E-state index contributed by atoms with van der Waals surface area (Å²) in [6.07, 6.45) is 4.04. The average molecular weight is 253 g/mol. The summed E-state index contributed by atoms with van der Waals surface area (Å²) in [5.41, 5.74) is 2.22. The first-order chi connectivity index (χ1) is 7.97. The summed E-state index contributed by atoms with van der Waals surface area (Å²) in [7, 11) is -2.94. The van der Waals surface area contributed by atoms with E-state index in [9.17, 15) is 8.42 Å². The zero-order chi connectivity index (χ0) is 12.5. The third-order valence-corrected chi connectivity index (χ3v) is 5.07.